The van der Waals surface area contributed by atoms with Gasteiger partial charge in [-0.05, 0) is 6.42 Å². The molecule has 0 saturated carbocycles. The van der Waals surface area contributed by atoms with Crippen molar-refractivity contribution in [1.82, 2.24) is 0 Å². The molecular formula is C6H12N2O. The van der Waals surface area contributed by atoms with Crippen LogP contribution >= 0.6 is 0 Å². The fraction of sp³-hybridized carbons (Fsp3) is 0.833. The normalized spacial score (nSPS) is 25.6. The second-order valence-corrected chi connectivity index (χ2v) is 2.09. The van der Waals surface area contributed by atoms with Gasteiger partial charge in [-0.3, -0.25) is 4.99 Å². The van der Waals surface area contributed by atoms with E-state index < -0.39 is 0 Å². The van der Waals surface area contributed by atoms with Crippen LogP contribution in [0.3, 0.4) is 0 Å². The van der Waals surface area contributed by atoms with Gasteiger partial charge < -0.3 is 10.5 Å². The van der Waals surface area contributed by atoms with Crippen molar-refractivity contribution in [3.63, 3.8) is 0 Å². The Morgan fingerprint density at radius 3 is 3.00 bits per heavy atom. The molecule has 52 valence electrons. The van der Waals surface area contributed by atoms with Gasteiger partial charge in [0.1, 0.15) is 6.10 Å². The van der Waals surface area contributed by atoms with Gasteiger partial charge in [-0.2, -0.15) is 0 Å². The first kappa shape index (κ1) is 6.55. The van der Waals surface area contributed by atoms with Crippen molar-refractivity contribution in [1.29, 1.82) is 0 Å². The molecule has 0 aliphatic carbocycles. The summed E-state index contributed by atoms with van der Waals surface area (Å²) in [6, 6.07) is 0. The minimum atomic E-state index is 0.295. The third-order valence-electron chi connectivity index (χ3n) is 1.40. The fourth-order valence-corrected chi connectivity index (χ4v) is 0.796. The Bertz CT molecular complexity index is 122. The molecule has 0 bridgehead atoms. The van der Waals surface area contributed by atoms with Gasteiger partial charge in [0.05, 0.1) is 13.1 Å². The van der Waals surface area contributed by atoms with E-state index in [2.05, 4.69) is 11.9 Å². The van der Waals surface area contributed by atoms with Crippen LogP contribution in [0.5, 0.6) is 0 Å². The van der Waals surface area contributed by atoms with Gasteiger partial charge >= 0.3 is 0 Å². The van der Waals surface area contributed by atoms with Crippen LogP contribution in [0.25, 0.3) is 0 Å². The lowest BCUT2D eigenvalue weighted by molar-refractivity contribution is 0.216. The maximum absolute atomic E-state index is 5.29. The van der Waals surface area contributed by atoms with Gasteiger partial charge in [0, 0.05) is 0 Å². The van der Waals surface area contributed by atoms with E-state index in [0.717, 1.165) is 13.0 Å². The van der Waals surface area contributed by atoms with Crippen LogP contribution < -0.4 is 5.73 Å². The third kappa shape index (κ3) is 1.42. The second kappa shape index (κ2) is 2.82. The summed E-state index contributed by atoms with van der Waals surface area (Å²) in [5.41, 5.74) is 5.29. The highest BCUT2D eigenvalue weighted by Gasteiger charge is 2.15. The molecule has 0 amide bonds. The molecule has 1 unspecified atom stereocenters. The Hall–Kier alpha value is -0.570. The van der Waals surface area contributed by atoms with Crippen LogP contribution in [0.2, 0.25) is 0 Å². The van der Waals surface area contributed by atoms with Gasteiger partial charge in [0.25, 0.3) is 0 Å². The van der Waals surface area contributed by atoms with E-state index >= 15 is 0 Å². The molecule has 9 heavy (non-hydrogen) atoms. The number of ether oxygens (including phenoxy) is 1. The van der Waals surface area contributed by atoms with E-state index in [9.17, 15) is 0 Å². The Morgan fingerprint density at radius 1 is 1.89 bits per heavy atom. The van der Waals surface area contributed by atoms with Crippen LogP contribution in [0, 0.1) is 0 Å². The van der Waals surface area contributed by atoms with Gasteiger partial charge in [-0.15, -0.1) is 0 Å². The summed E-state index contributed by atoms with van der Waals surface area (Å²) >= 11 is 0. The quantitative estimate of drug-likeness (QED) is 0.575. The SMILES string of the molecule is CCC1CN=C(CN)O1. The van der Waals surface area contributed by atoms with Crippen LogP contribution in [0.1, 0.15) is 13.3 Å². The van der Waals surface area contributed by atoms with Crippen molar-refractivity contribution in [3.8, 4) is 0 Å². The van der Waals surface area contributed by atoms with Crippen LogP contribution in [0.15, 0.2) is 4.99 Å². The summed E-state index contributed by atoms with van der Waals surface area (Å²) in [4.78, 5) is 4.08. The lowest BCUT2D eigenvalue weighted by atomic mass is 10.3. The fourth-order valence-electron chi connectivity index (χ4n) is 0.796. The molecule has 1 heterocycles. The predicted octanol–water partition coefficient (Wildman–Crippen LogP) is 0.152. The molecule has 0 radical (unpaired) electrons. The molecule has 0 aromatic carbocycles. The maximum atomic E-state index is 5.29. The summed E-state index contributed by atoms with van der Waals surface area (Å²) in [7, 11) is 0. The Morgan fingerprint density at radius 2 is 2.67 bits per heavy atom. The standard InChI is InChI=1S/C6H12N2O/c1-2-5-4-8-6(3-7)9-5/h5H,2-4,7H2,1H3. The van der Waals surface area contributed by atoms with Gasteiger partial charge in [-0.1, -0.05) is 6.92 Å². The lowest BCUT2D eigenvalue weighted by Crippen LogP contribution is -2.17. The topological polar surface area (TPSA) is 47.6 Å². The van der Waals surface area contributed by atoms with Crippen molar-refractivity contribution in [2.75, 3.05) is 13.1 Å². The molecule has 2 N–H and O–H groups in total. The highest BCUT2D eigenvalue weighted by Crippen LogP contribution is 2.06. The van der Waals surface area contributed by atoms with Crippen molar-refractivity contribution < 1.29 is 4.74 Å². The van der Waals surface area contributed by atoms with Crippen molar-refractivity contribution in [3.05, 3.63) is 0 Å². The number of nitrogens with zero attached hydrogens (tertiary/aromatic N) is 1. The Balaban J connectivity index is 2.31. The van der Waals surface area contributed by atoms with E-state index in [4.69, 9.17) is 10.5 Å². The summed E-state index contributed by atoms with van der Waals surface area (Å²) < 4.78 is 5.28. The summed E-state index contributed by atoms with van der Waals surface area (Å²) in [5, 5.41) is 0. The maximum Gasteiger partial charge on any atom is 0.197 e. The molecule has 0 spiro atoms. The van der Waals surface area contributed by atoms with Crippen LogP contribution in [-0.2, 0) is 4.74 Å². The molecule has 0 fully saturated rings. The molecule has 1 rings (SSSR count). The molecule has 0 aromatic heterocycles. The third-order valence-corrected chi connectivity index (χ3v) is 1.40. The molecule has 1 aliphatic heterocycles. The molecule has 3 heteroatoms. The van der Waals surface area contributed by atoms with Crippen molar-refractivity contribution in [2.45, 2.75) is 19.4 Å². The zero-order valence-electron chi connectivity index (χ0n) is 5.63. The molecule has 1 atom stereocenters. The Kier molecular flexibility index (Phi) is 2.05. The number of nitrogens with two attached hydrogens (primary N) is 1. The average molecular weight is 128 g/mol. The van der Waals surface area contributed by atoms with Crippen LogP contribution in [-0.4, -0.2) is 25.1 Å². The van der Waals surface area contributed by atoms with Gasteiger partial charge in [0.15, 0.2) is 5.90 Å². The molecule has 0 aromatic rings. The minimum Gasteiger partial charge on any atom is -0.475 e. The summed E-state index contributed by atoms with van der Waals surface area (Å²) in [6.45, 7) is 3.32. The van der Waals surface area contributed by atoms with E-state index in [1.807, 2.05) is 0 Å². The molecular weight excluding hydrogens is 116 g/mol. The van der Waals surface area contributed by atoms with E-state index in [1.54, 1.807) is 0 Å². The molecule has 3 nitrogen and oxygen atoms in total. The highest BCUT2D eigenvalue weighted by molar-refractivity contribution is 5.79. The summed E-state index contributed by atoms with van der Waals surface area (Å²) in [5.74, 6) is 0.710. The number of hydrogen-bond donors (Lipinski definition) is 1. The van der Waals surface area contributed by atoms with Gasteiger partial charge in [0.2, 0.25) is 0 Å². The first-order chi connectivity index (χ1) is 4.36. The van der Waals surface area contributed by atoms with E-state index in [1.165, 1.54) is 0 Å². The number of aliphatic imine (C=N–C) groups is 1. The van der Waals surface area contributed by atoms with E-state index in [-0.39, 0.29) is 0 Å². The first-order valence-electron chi connectivity index (χ1n) is 3.27. The van der Waals surface area contributed by atoms with Gasteiger partial charge in [-0.25, -0.2) is 0 Å². The first-order valence-corrected chi connectivity index (χ1v) is 3.27. The Labute approximate surface area is 54.9 Å². The van der Waals surface area contributed by atoms with E-state index in [0.29, 0.717) is 18.5 Å². The van der Waals surface area contributed by atoms with Crippen molar-refractivity contribution in [2.24, 2.45) is 10.7 Å². The lowest BCUT2D eigenvalue weighted by Gasteiger charge is -2.05. The smallest absolute Gasteiger partial charge is 0.197 e. The van der Waals surface area contributed by atoms with Crippen molar-refractivity contribution >= 4 is 5.90 Å². The molecule has 1 aliphatic rings. The zero-order chi connectivity index (χ0) is 6.69. The predicted molar refractivity (Wildman–Crippen MR) is 36.5 cm³/mol. The van der Waals surface area contributed by atoms with Crippen LogP contribution in [0.4, 0.5) is 0 Å². The summed E-state index contributed by atoms with van der Waals surface area (Å²) in [6.07, 6.45) is 1.32. The monoisotopic (exact) mass is 128 g/mol. The average Bonchev–Trinajstić information content (AvgIpc) is 2.34. The number of hydrogen-bond acceptors (Lipinski definition) is 3. The number of rotatable bonds is 2. The second-order valence-electron chi connectivity index (χ2n) is 2.09. The largest absolute Gasteiger partial charge is 0.475 e. The highest BCUT2D eigenvalue weighted by atomic mass is 16.5. The zero-order valence-corrected chi connectivity index (χ0v) is 5.63. The minimum absolute atomic E-state index is 0.295. The molecule has 0 saturated heterocycles.